The summed E-state index contributed by atoms with van der Waals surface area (Å²) in [6, 6.07) is 7.63. The lowest BCUT2D eigenvalue weighted by molar-refractivity contribution is -0.136. The third-order valence-electron chi connectivity index (χ3n) is 2.56. The van der Waals surface area contributed by atoms with Crippen molar-refractivity contribution in [2.75, 3.05) is 11.9 Å². The topological polar surface area (TPSA) is 71.5 Å². The Kier molecular flexibility index (Phi) is 4.95. The van der Waals surface area contributed by atoms with Crippen molar-refractivity contribution in [2.45, 2.75) is 19.8 Å². The Morgan fingerprint density at radius 3 is 2.80 bits per heavy atom. The zero-order valence-electron chi connectivity index (χ0n) is 11.1. The number of carboxylic acids is 1. The van der Waals surface area contributed by atoms with E-state index in [4.69, 9.17) is 9.84 Å². The first kappa shape index (κ1) is 14.3. The van der Waals surface area contributed by atoms with Gasteiger partial charge in [0.25, 0.3) is 0 Å². The average molecular weight is 292 g/mol. The minimum Gasteiger partial charge on any atom is -0.494 e. The van der Waals surface area contributed by atoms with Gasteiger partial charge in [0.1, 0.15) is 5.75 Å². The fourth-order valence-electron chi connectivity index (χ4n) is 1.64. The van der Waals surface area contributed by atoms with Crippen LogP contribution in [-0.2, 0) is 11.2 Å². The smallest absolute Gasteiger partial charge is 0.303 e. The number of anilines is 2. The summed E-state index contributed by atoms with van der Waals surface area (Å²) in [5.74, 6) is 0.0263. The molecule has 0 spiro atoms. The maximum absolute atomic E-state index is 10.5. The molecule has 5 nitrogen and oxygen atoms in total. The van der Waals surface area contributed by atoms with Crippen molar-refractivity contribution in [3.05, 3.63) is 35.3 Å². The summed E-state index contributed by atoms with van der Waals surface area (Å²) in [5, 5.41) is 14.5. The fourth-order valence-corrected chi connectivity index (χ4v) is 2.40. The van der Waals surface area contributed by atoms with Crippen LogP contribution in [0.25, 0.3) is 0 Å². The third kappa shape index (κ3) is 4.24. The van der Waals surface area contributed by atoms with Crippen LogP contribution in [0.4, 0.5) is 10.8 Å². The summed E-state index contributed by atoms with van der Waals surface area (Å²) < 4.78 is 5.37. The van der Waals surface area contributed by atoms with Crippen molar-refractivity contribution >= 4 is 28.1 Å². The number of nitrogens with one attached hydrogen (secondary N) is 1. The van der Waals surface area contributed by atoms with E-state index in [-0.39, 0.29) is 6.42 Å². The summed E-state index contributed by atoms with van der Waals surface area (Å²) in [6.45, 7) is 2.59. The first-order chi connectivity index (χ1) is 9.67. The van der Waals surface area contributed by atoms with Crippen LogP contribution in [0.15, 0.2) is 29.6 Å². The van der Waals surface area contributed by atoms with Gasteiger partial charge in [-0.1, -0.05) is 0 Å². The normalized spacial score (nSPS) is 10.2. The van der Waals surface area contributed by atoms with E-state index in [1.165, 1.54) is 11.3 Å². The molecule has 1 aromatic heterocycles. The number of nitrogens with zero attached hydrogens (tertiary/aromatic N) is 1. The van der Waals surface area contributed by atoms with E-state index in [1.54, 1.807) is 0 Å². The van der Waals surface area contributed by atoms with Crippen LogP contribution >= 0.6 is 11.3 Å². The number of aromatic nitrogens is 1. The molecule has 0 amide bonds. The van der Waals surface area contributed by atoms with Crippen LogP contribution in [0, 0.1) is 0 Å². The zero-order chi connectivity index (χ0) is 14.4. The maximum Gasteiger partial charge on any atom is 0.303 e. The molecule has 2 rings (SSSR count). The van der Waals surface area contributed by atoms with Crippen molar-refractivity contribution in [1.82, 2.24) is 4.98 Å². The van der Waals surface area contributed by atoms with Gasteiger partial charge >= 0.3 is 5.97 Å². The van der Waals surface area contributed by atoms with E-state index in [9.17, 15) is 4.79 Å². The molecule has 0 unspecified atom stereocenters. The van der Waals surface area contributed by atoms with Crippen molar-refractivity contribution in [3.8, 4) is 5.75 Å². The first-order valence-electron chi connectivity index (χ1n) is 6.33. The van der Waals surface area contributed by atoms with Gasteiger partial charge in [-0.3, -0.25) is 4.79 Å². The molecule has 0 saturated heterocycles. The number of carbonyl (C=O) groups is 1. The highest BCUT2D eigenvalue weighted by atomic mass is 32.1. The maximum atomic E-state index is 10.5. The molecule has 1 heterocycles. The number of hydrogen-bond acceptors (Lipinski definition) is 5. The molecule has 0 atom stereocenters. The molecule has 20 heavy (non-hydrogen) atoms. The lowest BCUT2D eigenvalue weighted by Gasteiger charge is -2.05. The second kappa shape index (κ2) is 6.91. The van der Waals surface area contributed by atoms with Gasteiger partial charge in [-0.05, 0) is 31.2 Å². The molecular formula is C14H16N2O3S. The highest BCUT2D eigenvalue weighted by Crippen LogP contribution is 2.23. The number of thiazole rings is 1. The van der Waals surface area contributed by atoms with Crippen LogP contribution < -0.4 is 10.1 Å². The number of benzene rings is 1. The molecular weight excluding hydrogens is 276 g/mol. The SMILES string of the molecule is CCOc1ccc(Nc2nc(CCC(=O)O)cs2)cc1. The largest absolute Gasteiger partial charge is 0.494 e. The number of rotatable bonds is 7. The van der Waals surface area contributed by atoms with Crippen molar-refractivity contribution < 1.29 is 14.6 Å². The van der Waals surface area contributed by atoms with E-state index in [1.807, 2.05) is 36.6 Å². The Balaban J connectivity index is 1.94. The zero-order valence-corrected chi connectivity index (χ0v) is 11.9. The Hall–Kier alpha value is -2.08. The Labute approximate surface area is 121 Å². The van der Waals surface area contributed by atoms with Gasteiger partial charge in [-0.2, -0.15) is 0 Å². The summed E-state index contributed by atoms with van der Waals surface area (Å²) in [4.78, 5) is 14.9. The molecule has 0 radical (unpaired) electrons. The standard InChI is InChI=1S/C14H16N2O3S/c1-2-19-12-6-3-10(4-7-12)15-14-16-11(9-20-14)5-8-13(17)18/h3-4,6-7,9H,2,5,8H2,1H3,(H,15,16)(H,17,18). The number of hydrogen-bond donors (Lipinski definition) is 2. The molecule has 1 aromatic carbocycles. The number of aliphatic carboxylic acids is 1. The van der Waals surface area contributed by atoms with Crippen LogP contribution in [0.3, 0.4) is 0 Å². The fraction of sp³-hybridized carbons (Fsp3) is 0.286. The van der Waals surface area contributed by atoms with Gasteiger partial charge in [-0.15, -0.1) is 11.3 Å². The molecule has 0 bridgehead atoms. The molecule has 0 aliphatic carbocycles. The summed E-state index contributed by atoms with van der Waals surface area (Å²) in [5.41, 5.74) is 1.72. The first-order valence-corrected chi connectivity index (χ1v) is 7.21. The van der Waals surface area contributed by atoms with E-state index in [2.05, 4.69) is 10.3 Å². The van der Waals surface area contributed by atoms with Crippen molar-refractivity contribution in [1.29, 1.82) is 0 Å². The van der Waals surface area contributed by atoms with Crippen LogP contribution in [0.5, 0.6) is 5.75 Å². The molecule has 2 aromatic rings. The number of carboxylic acid groups (broad SMARTS) is 1. The predicted octanol–water partition coefficient (Wildman–Crippen LogP) is 3.30. The van der Waals surface area contributed by atoms with Gasteiger partial charge in [0.05, 0.1) is 18.7 Å². The summed E-state index contributed by atoms with van der Waals surface area (Å²) >= 11 is 1.46. The second-order valence-electron chi connectivity index (χ2n) is 4.12. The Morgan fingerprint density at radius 2 is 2.15 bits per heavy atom. The Bertz CT molecular complexity index is 566. The molecule has 106 valence electrons. The van der Waals surface area contributed by atoms with Crippen LogP contribution in [0.2, 0.25) is 0 Å². The van der Waals surface area contributed by atoms with Gasteiger partial charge in [0.15, 0.2) is 5.13 Å². The highest BCUT2D eigenvalue weighted by molar-refractivity contribution is 7.13. The van der Waals surface area contributed by atoms with Gasteiger partial charge in [0, 0.05) is 17.5 Å². The molecule has 0 saturated carbocycles. The second-order valence-corrected chi connectivity index (χ2v) is 4.98. The minimum atomic E-state index is -0.806. The van der Waals surface area contributed by atoms with E-state index >= 15 is 0 Å². The van der Waals surface area contributed by atoms with Crippen LogP contribution in [0.1, 0.15) is 19.0 Å². The molecule has 6 heteroatoms. The van der Waals surface area contributed by atoms with E-state index in [0.717, 1.165) is 22.3 Å². The molecule has 0 aliphatic heterocycles. The monoisotopic (exact) mass is 292 g/mol. The van der Waals surface area contributed by atoms with Crippen molar-refractivity contribution in [2.24, 2.45) is 0 Å². The summed E-state index contributed by atoms with van der Waals surface area (Å²) in [6.07, 6.45) is 0.559. The van der Waals surface area contributed by atoms with Gasteiger partial charge in [0.2, 0.25) is 0 Å². The third-order valence-corrected chi connectivity index (χ3v) is 3.37. The Morgan fingerprint density at radius 1 is 1.40 bits per heavy atom. The average Bonchev–Trinajstić information content (AvgIpc) is 2.87. The van der Waals surface area contributed by atoms with Crippen LogP contribution in [-0.4, -0.2) is 22.7 Å². The molecule has 0 fully saturated rings. The minimum absolute atomic E-state index is 0.103. The predicted molar refractivity (Wildman–Crippen MR) is 79.0 cm³/mol. The van der Waals surface area contributed by atoms with Gasteiger partial charge < -0.3 is 15.2 Å². The van der Waals surface area contributed by atoms with Gasteiger partial charge in [-0.25, -0.2) is 4.98 Å². The summed E-state index contributed by atoms with van der Waals surface area (Å²) in [7, 11) is 0. The number of aryl methyl sites for hydroxylation is 1. The highest BCUT2D eigenvalue weighted by Gasteiger charge is 2.05. The lowest BCUT2D eigenvalue weighted by Crippen LogP contribution is -1.98. The number of ether oxygens (including phenoxy) is 1. The van der Waals surface area contributed by atoms with Crippen molar-refractivity contribution in [3.63, 3.8) is 0 Å². The van der Waals surface area contributed by atoms with E-state index in [0.29, 0.717) is 13.0 Å². The molecule has 2 N–H and O–H groups in total. The molecule has 0 aliphatic rings. The quantitative estimate of drug-likeness (QED) is 0.819. The van der Waals surface area contributed by atoms with E-state index < -0.39 is 5.97 Å². The lowest BCUT2D eigenvalue weighted by atomic mass is 10.2.